The molecule has 6 heteroatoms. The number of nitrogens with zero attached hydrogens (tertiary/aromatic N) is 2. The highest BCUT2D eigenvalue weighted by atomic mass is 16.5. The normalized spacial score (nSPS) is 22.2. The van der Waals surface area contributed by atoms with Gasteiger partial charge < -0.3 is 19.7 Å². The molecule has 0 radical (unpaired) electrons. The van der Waals surface area contributed by atoms with Gasteiger partial charge in [0.2, 0.25) is 5.82 Å². The summed E-state index contributed by atoms with van der Waals surface area (Å²) in [4.78, 5) is 4.49. The van der Waals surface area contributed by atoms with Crippen LogP contribution in [0, 0.1) is 0 Å². The van der Waals surface area contributed by atoms with E-state index in [4.69, 9.17) is 19.7 Å². The minimum Gasteiger partial charge on any atom is -0.496 e. The lowest BCUT2D eigenvalue weighted by Crippen LogP contribution is -2.31. The number of nitrogens with two attached hydrogens (primary N) is 1. The lowest BCUT2D eigenvalue weighted by Gasteiger charge is -2.30. The molecule has 2 N–H and O–H groups in total. The summed E-state index contributed by atoms with van der Waals surface area (Å²) < 4.78 is 16.6. The fourth-order valence-electron chi connectivity index (χ4n) is 2.54. The fraction of sp³-hybridized carbons (Fsp3) is 0.467. The van der Waals surface area contributed by atoms with Crippen LogP contribution in [-0.4, -0.2) is 23.9 Å². The molecule has 1 aliphatic heterocycles. The summed E-state index contributed by atoms with van der Waals surface area (Å²) in [6, 6.07) is 5.33. The van der Waals surface area contributed by atoms with Crippen LogP contribution in [-0.2, 0) is 10.3 Å². The Hall–Kier alpha value is -2.08. The van der Waals surface area contributed by atoms with E-state index in [-0.39, 0.29) is 0 Å². The van der Waals surface area contributed by atoms with Crippen LogP contribution in [0.1, 0.15) is 32.0 Å². The highest BCUT2D eigenvalue weighted by molar-refractivity contribution is 5.66. The number of ether oxygens (including phenoxy) is 2. The quantitative estimate of drug-likeness (QED) is 0.875. The Morgan fingerprint density at radius 3 is 2.90 bits per heavy atom. The Morgan fingerprint density at radius 1 is 1.33 bits per heavy atom. The van der Waals surface area contributed by atoms with E-state index in [1.165, 1.54) is 0 Å². The second-order valence-corrected chi connectivity index (χ2v) is 5.42. The van der Waals surface area contributed by atoms with Crippen LogP contribution in [0.15, 0.2) is 22.7 Å². The molecule has 0 bridgehead atoms. The van der Waals surface area contributed by atoms with Gasteiger partial charge in [-0.1, -0.05) is 5.16 Å². The third-order valence-electron chi connectivity index (χ3n) is 3.82. The number of aromatic nitrogens is 2. The van der Waals surface area contributed by atoms with Crippen LogP contribution in [0.25, 0.3) is 11.5 Å². The first-order valence-electron chi connectivity index (χ1n) is 7.04. The summed E-state index contributed by atoms with van der Waals surface area (Å²) >= 11 is 0. The zero-order valence-corrected chi connectivity index (χ0v) is 12.3. The lowest BCUT2D eigenvalue weighted by molar-refractivity contribution is -0.0770. The first-order chi connectivity index (χ1) is 10.1. The van der Waals surface area contributed by atoms with E-state index in [9.17, 15) is 0 Å². The molecular formula is C15H19N3O3. The van der Waals surface area contributed by atoms with Crippen molar-refractivity contribution in [1.29, 1.82) is 0 Å². The summed E-state index contributed by atoms with van der Waals surface area (Å²) in [5, 5.41) is 4.09. The molecule has 0 saturated carbocycles. The molecular weight excluding hydrogens is 270 g/mol. The van der Waals surface area contributed by atoms with Gasteiger partial charge in [-0.05, 0) is 38.3 Å². The van der Waals surface area contributed by atoms with Crippen molar-refractivity contribution in [3.8, 4) is 17.2 Å². The monoisotopic (exact) mass is 289 g/mol. The van der Waals surface area contributed by atoms with Crippen LogP contribution in [0.2, 0.25) is 0 Å². The largest absolute Gasteiger partial charge is 0.496 e. The summed E-state index contributed by atoms with van der Waals surface area (Å²) in [6.45, 7) is 2.73. The Bertz CT molecular complexity index is 633. The lowest BCUT2D eigenvalue weighted by atomic mass is 9.95. The van der Waals surface area contributed by atoms with E-state index < -0.39 is 5.60 Å². The Morgan fingerprint density at radius 2 is 2.19 bits per heavy atom. The molecule has 21 heavy (non-hydrogen) atoms. The van der Waals surface area contributed by atoms with Crippen molar-refractivity contribution in [3.05, 3.63) is 24.0 Å². The maximum atomic E-state index is 5.84. The number of hydrogen-bond donors (Lipinski definition) is 1. The molecule has 0 aliphatic carbocycles. The predicted octanol–water partition coefficient (Wildman–Crippen LogP) is 2.74. The van der Waals surface area contributed by atoms with E-state index in [1.807, 2.05) is 13.0 Å². The first kappa shape index (κ1) is 13.9. The highest BCUT2D eigenvalue weighted by Gasteiger charge is 2.35. The van der Waals surface area contributed by atoms with E-state index in [0.29, 0.717) is 23.2 Å². The van der Waals surface area contributed by atoms with Gasteiger partial charge in [0.15, 0.2) is 0 Å². The summed E-state index contributed by atoms with van der Waals surface area (Å²) in [6.07, 6.45) is 3.07. The molecule has 1 fully saturated rings. The second-order valence-electron chi connectivity index (χ2n) is 5.42. The molecule has 2 heterocycles. The number of hydrogen-bond acceptors (Lipinski definition) is 6. The molecule has 2 aromatic rings. The van der Waals surface area contributed by atoms with Gasteiger partial charge in [0.1, 0.15) is 11.4 Å². The van der Waals surface area contributed by atoms with Crippen molar-refractivity contribution in [1.82, 2.24) is 10.1 Å². The molecule has 1 aromatic heterocycles. The molecule has 3 rings (SSSR count). The molecule has 1 aliphatic rings. The Kier molecular flexibility index (Phi) is 3.55. The number of rotatable bonds is 3. The van der Waals surface area contributed by atoms with Crippen molar-refractivity contribution in [2.45, 2.75) is 31.8 Å². The SMILES string of the molecule is COc1cc(N)ccc1-c1nc(C2(C)CCCCO2)no1. The topological polar surface area (TPSA) is 83.4 Å². The van der Waals surface area contributed by atoms with Gasteiger partial charge in [-0.15, -0.1) is 0 Å². The van der Waals surface area contributed by atoms with Crippen LogP contribution in [0.3, 0.4) is 0 Å². The smallest absolute Gasteiger partial charge is 0.261 e. The molecule has 6 nitrogen and oxygen atoms in total. The number of anilines is 1. The maximum Gasteiger partial charge on any atom is 0.261 e. The summed E-state index contributed by atoms with van der Waals surface area (Å²) in [5.74, 6) is 1.60. The van der Waals surface area contributed by atoms with Crippen molar-refractivity contribution in [2.24, 2.45) is 0 Å². The summed E-state index contributed by atoms with van der Waals surface area (Å²) in [7, 11) is 1.58. The molecule has 0 spiro atoms. The van der Waals surface area contributed by atoms with Gasteiger partial charge in [0.05, 0.1) is 12.7 Å². The van der Waals surface area contributed by atoms with Crippen LogP contribution < -0.4 is 10.5 Å². The maximum absolute atomic E-state index is 5.84. The van der Waals surface area contributed by atoms with Gasteiger partial charge in [-0.3, -0.25) is 0 Å². The van der Waals surface area contributed by atoms with Crippen LogP contribution in [0.4, 0.5) is 5.69 Å². The number of benzene rings is 1. The second kappa shape index (κ2) is 5.37. The van der Waals surface area contributed by atoms with Crippen molar-refractivity contribution in [2.75, 3.05) is 19.5 Å². The van der Waals surface area contributed by atoms with Crippen molar-refractivity contribution < 1.29 is 14.0 Å². The average molecular weight is 289 g/mol. The minimum absolute atomic E-state index is 0.414. The third-order valence-corrected chi connectivity index (χ3v) is 3.82. The number of methoxy groups -OCH3 is 1. The molecule has 0 amide bonds. The first-order valence-corrected chi connectivity index (χ1v) is 7.04. The van der Waals surface area contributed by atoms with Crippen LogP contribution in [0.5, 0.6) is 5.75 Å². The molecule has 1 saturated heterocycles. The van der Waals surface area contributed by atoms with E-state index in [0.717, 1.165) is 31.4 Å². The highest BCUT2D eigenvalue weighted by Crippen LogP contribution is 2.36. The third kappa shape index (κ3) is 2.58. The number of nitrogen functional groups attached to an aromatic ring is 1. The molecule has 1 unspecified atom stereocenters. The fourth-order valence-corrected chi connectivity index (χ4v) is 2.54. The zero-order chi connectivity index (χ0) is 14.9. The van der Waals surface area contributed by atoms with Crippen molar-refractivity contribution >= 4 is 5.69 Å². The van der Waals surface area contributed by atoms with Crippen LogP contribution >= 0.6 is 0 Å². The van der Waals surface area contributed by atoms with Gasteiger partial charge in [-0.2, -0.15) is 4.98 Å². The standard InChI is InChI=1S/C15H19N3O3/c1-15(7-3-4-8-20-15)14-17-13(21-18-14)11-6-5-10(16)9-12(11)19-2/h5-6,9H,3-4,7-8,16H2,1-2H3. The average Bonchev–Trinajstić information content (AvgIpc) is 2.98. The van der Waals surface area contributed by atoms with Crippen molar-refractivity contribution in [3.63, 3.8) is 0 Å². The van der Waals surface area contributed by atoms with E-state index in [2.05, 4.69) is 10.1 Å². The molecule has 1 atom stereocenters. The van der Waals surface area contributed by atoms with E-state index in [1.54, 1.807) is 19.2 Å². The Labute approximate surface area is 123 Å². The molecule has 1 aromatic carbocycles. The summed E-state index contributed by atoms with van der Waals surface area (Å²) in [5.41, 5.74) is 6.64. The van der Waals surface area contributed by atoms with Gasteiger partial charge in [0.25, 0.3) is 5.89 Å². The van der Waals surface area contributed by atoms with Gasteiger partial charge in [0, 0.05) is 18.4 Å². The minimum atomic E-state index is -0.471. The Balaban J connectivity index is 1.95. The predicted molar refractivity (Wildman–Crippen MR) is 77.9 cm³/mol. The van der Waals surface area contributed by atoms with Gasteiger partial charge in [-0.25, -0.2) is 0 Å². The van der Waals surface area contributed by atoms with Gasteiger partial charge >= 0.3 is 0 Å². The molecule has 112 valence electrons. The zero-order valence-electron chi connectivity index (χ0n) is 12.3. The van der Waals surface area contributed by atoms with E-state index >= 15 is 0 Å².